The van der Waals surface area contributed by atoms with Gasteiger partial charge >= 0.3 is 0 Å². The minimum atomic E-state index is -3.54. The van der Waals surface area contributed by atoms with Crippen molar-refractivity contribution in [3.05, 3.63) is 59.1 Å². The average Bonchev–Trinajstić information content (AvgIpc) is 3.23. The van der Waals surface area contributed by atoms with Crippen LogP contribution in [0.25, 0.3) is 0 Å². The lowest BCUT2D eigenvalue weighted by Gasteiger charge is -2.17. The predicted octanol–water partition coefficient (Wildman–Crippen LogP) is 3.38. The molecule has 0 radical (unpaired) electrons. The third kappa shape index (κ3) is 4.84. The Kier molecular flexibility index (Phi) is 6.59. The molecule has 1 heterocycles. The highest BCUT2D eigenvalue weighted by Gasteiger charge is 2.27. The SMILES string of the molecule is C[C@H](NC(=O)COc1ccc(S(=O)(=O)N2CCCC2)cc1Cl)c1ccccc1. The summed E-state index contributed by atoms with van der Waals surface area (Å²) in [4.78, 5) is 12.3. The molecule has 1 amide bonds. The van der Waals surface area contributed by atoms with Gasteiger partial charge in [-0.1, -0.05) is 41.9 Å². The number of nitrogens with zero attached hydrogens (tertiary/aromatic N) is 1. The van der Waals surface area contributed by atoms with Crippen LogP contribution in [0.4, 0.5) is 0 Å². The van der Waals surface area contributed by atoms with Crippen LogP contribution in [0.2, 0.25) is 5.02 Å². The first-order valence-electron chi connectivity index (χ1n) is 9.15. The molecule has 0 saturated carbocycles. The summed E-state index contributed by atoms with van der Waals surface area (Å²) < 4.78 is 32.1. The maximum Gasteiger partial charge on any atom is 0.258 e. The fraction of sp³-hybridized carbons (Fsp3) is 0.350. The van der Waals surface area contributed by atoms with E-state index in [1.807, 2.05) is 37.3 Å². The normalized spacial score (nSPS) is 15.9. The van der Waals surface area contributed by atoms with Gasteiger partial charge in [0.2, 0.25) is 10.0 Å². The maximum atomic E-state index is 12.6. The summed E-state index contributed by atoms with van der Waals surface area (Å²) in [5.74, 6) is -0.0225. The van der Waals surface area contributed by atoms with Gasteiger partial charge in [-0.2, -0.15) is 4.31 Å². The highest BCUT2D eigenvalue weighted by atomic mass is 35.5. The number of amides is 1. The zero-order valence-corrected chi connectivity index (χ0v) is 17.2. The van der Waals surface area contributed by atoms with Crippen molar-refractivity contribution >= 4 is 27.5 Å². The fourth-order valence-corrected chi connectivity index (χ4v) is 4.93. The molecule has 8 heteroatoms. The summed E-state index contributed by atoms with van der Waals surface area (Å²) in [6.45, 7) is 2.73. The smallest absolute Gasteiger partial charge is 0.258 e. The lowest BCUT2D eigenvalue weighted by molar-refractivity contribution is -0.123. The third-order valence-electron chi connectivity index (χ3n) is 4.64. The van der Waals surface area contributed by atoms with E-state index in [1.54, 1.807) is 0 Å². The van der Waals surface area contributed by atoms with Crippen LogP contribution < -0.4 is 10.1 Å². The van der Waals surface area contributed by atoms with Crippen molar-refractivity contribution in [2.24, 2.45) is 0 Å². The molecule has 0 bridgehead atoms. The fourth-order valence-electron chi connectivity index (χ4n) is 3.09. The number of halogens is 1. The van der Waals surface area contributed by atoms with Gasteiger partial charge in [-0.3, -0.25) is 4.79 Å². The summed E-state index contributed by atoms with van der Waals surface area (Å²) in [5, 5.41) is 3.01. The number of hydrogen-bond acceptors (Lipinski definition) is 4. The van der Waals surface area contributed by atoms with E-state index in [0.717, 1.165) is 18.4 Å². The van der Waals surface area contributed by atoms with Gasteiger partial charge in [-0.15, -0.1) is 0 Å². The van der Waals surface area contributed by atoms with Gasteiger partial charge in [-0.05, 0) is 43.5 Å². The molecule has 0 unspecified atom stereocenters. The van der Waals surface area contributed by atoms with E-state index >= 15 is 0 Å². The van der Waals surface area contributed by atoms with Crippen molar-refractivity contribution in [2.45, 2.75) is 30.7 Å². The standard InChI is InChI=1S/C20H23ClN2O4S/c1-15(16-7-3-2-4-8-16)22-20(24)14-27-19-10-9-17(13-18(19)21)28(25,26)23-11-5-6-12-23/h2-4,7-10,13,15H,5-6,11-12,14H2,1H3,(H,22,24)/t15-/m0/s1. The second-order valence-electron chi connectivity index (χ2n) is 6.69. The van der Waals surface area contributed by atoms with E-state index in [4.69, 9.17) is 16.3 Å². The molecule has 1 N–H and O–H groups in total. The summed E-state index contributed by atoms with van der Waals surface area (Å²) in [7, 11) is -3.54. The van der Waals surface area contributed by atoms with Gasteiger partial charge in [-0.25, -0.2) is 8.42 Å². The molecule has 0 spiro atoms. The van der Waals surface area contributed by atoms with E-state index in [2.05, 4.69) is 5.32 Å². The van der Waals surface area contributed by atoms with E-state index in [0.29, 0.717) is 13.1 Å². The predicted molar refractivity (Wildman–Crippen MR) is 108 cm³/mol. The maximum absolute atomic E-state index is 12.6. The van der Waals surface area contributed by atoms with Crippen LogP contribution in [0.1, 0.15) is 31.4 Å². The zero-order valence-electron chi connectivity index (χ0n) is 15.6. The Balaban J connectivity index is 1.60. The van der Waals surface area contributed by atoms with Gasteiger partial charge in [0.1, 0.15) is 5.75 Å². The minimum Gasteiger partial charge on any atom is -0.482 e. The molecular formula is C20H23ClN2O4S. The summed E-state index contributed by atoms with van der Waals surface area (Å²) in [5.41, 5.74) is 0.991. The van der Waals surface area contributed by atoms with Crippen molar-refractivity contribution in [1.82, 2.24) is 9.62 Å². The van der Waals surface area contributed by atoms with Crippen LogP contribution in [0, 0.1) is 0 Å². The summed E-state index contributed by atoms with van der Waals surface area (Å²) in [6, 6.07) is 13.8. The van der Waals surface area contributed by atoms with Gasteiger partial charge in [0, 0.05) is 13.1 Å². The van der Waals surface area contributed by atoms with Crippen molar-refractivity contribution in [3.63, 3.8) is 0 Å². The van der Waals surface area contributed by atoms with Crippen LogP contribution in [0.5, 0.6) is 5.75 Å². The molecular weight excluding hydrogens is 400 g/mol. The first kappa shape index (κ1) is 20.6. The summed E-state index contributed by atoms with van der Waals surface area (Å²) in [6.07, 6.45) is 1.73. The molecule has 1 fully saturated rings. The quantitative estimate of drug-likeness (QED) is 0.742. The Hall–Kier alpha value is -2.09. The number of carbonyl (C=O) groups excluding carboxylic acids is 1. The lowest BCUT2D eigenvalue weighted by atomic mass is 10.1. The van der Waals surface area contributed by atoms with Gasteiger partial charge < -0.3 is 10.1 Å². The minimum absolute atomic E-state index is 0.133. The molecule has 150 valence electrons. The molecule has 28 heavy (non-hydrogen) atoms. The second kappa shape index (κ2) is 8.94. The van der Waals surface area contributed by atoms with Gasteiger partial charge in [0.15, 0.2) is 6.61 Å². The van der Waals surface area contributed by atoms with Crippen LogP contribution >= 0.6 is 11.6 Å². The Morgan fingerprint density at radius 1 is 1.18 bits per heavy atom. The molecule has 2 aromatic carbocycles. The van der Waals surface area contributed by atoms with Crippen molar-refractivity contribution in [3.8, 4) is 5.75 Å². The van der Waals surface area contributed by atoms with Crippen LogP contribution in [0.15, 0.2) is 53.4 Å². The number of benzene rings is 2. The second-order valence-corrected chi connectivity index (χ2v) is 9.04. The highest BCUT2D eigenvalue weighted by Crippen LogP contribution is 2.29. The van der Waals surface area contributed by atoms with Crippen LogP contribution in [-0.2, 0) is 14.8 Å². The van der Waals surface area contributed by atoms with Gasteiger partial charge in [0.05, 0.1) is 16.0 Å². The summed E-state index contributed by atoms with van der Waals surface area (Å²) >= 11 is 6.19. The van der Waals surface area contributed by atoms with Crippen molar-refractivity contribution in [2.75, 3.05) is 19.7 Å². The number of hydrogen-bond donors (Lipinski definition) is 1. The highest BCUT2D eigenvalue weighted by molar-refractivity contribution is 7.89. The molecule has 0 aromatic heterocycles. The Morgan fingerprint density at radius 3 is 2.50 bits per heavy atom. The van der Waals surface area contributed by atoms with E-state index in [9.17, 15) is 13.2 Å². The molecule has 0 aliphatic carbocycles. The molecule has 2 aromatic rings. The molecule has 1 saturated heterocycles. The zero-order chi connectivity index (χ0) is 20.1. The Bertz CT molecular complexity index is 928. The molecule has 3 rings (SSSR count). The Labute approximate surface area is 170 Å². The first-order chi connectivity index (χ1) is 13.4. The van der Waals surface area contributed by atoms with Crippen LogP contribution in [-0.4, -0.2) is 38.3 Å². The number of rotatable bonds is 7. The number of nitrogens with one attached hydrogen (secondary N) is 1. The van der Waals surface area contributed by atoms with Crippen LogP contribution in [0.3, 0.4) is 0 Å². The topological polar surface area (TPSA) is 75.7 Å². The monoisotopic (exact) mass is 422 g/mol. The molecule has 6 nitrogen and oxygen atoms in total. The van der Waals surface area contributed by atoms with E-state index in [1.165, 1.54) is 22.5 Å². The largest absolute Gasteiger partial charge is 0.482 e. The molecule has 1 aliphatic rings. The number of ether oxygens (including phenoxy) is 1. The Morgan fingerprint density at radius 2 is 1.86 bits per heavy atom. The third-order valence-corrected chi connectivity index (χ3v) is 6.83. The average molecular weight is 423 g/mol. The van der Waals surface area contributed by atoms with Gasteiger partial charge in [0.25, 0.3) is 5.91 Å². The first-order valence-corrected chi connectivity index (χ1v) is 11.0. The molecule has 1 atom stereocenters. The molecule has 1 aliphatic heterocycles. The van der Waals surface area contributed by atoms with E-state index in [-0.39, 0.29) is 34.2 Å². The lowest BCUT2D eigenvalue weighted by Crippen LogP contribution is -2.31. The van der Waals surface area contributed by atoms with Crippen molar-refractivity contribution in [1.29, 1.82) is 0 Å². The number of carbonyl (C=O) groups is 1. The van der Waals surface area contributed by atoms with E-state index < -0.39 is 10.0 Å². The van der Waals surface area contributed by atoms with Crippen molar-refractivity contribution < 1.29 is 17.9 Å². The number of sulfonamides is 1.